The topological polar surface area (TPSA) is 76.4 Å². The quantitative estimate of drug-likeness (QED) is 0.574. The molecule has 0 bridgehead atoms. The molecule has 128 valence electrons. The molecular weight excluding hydrogens is 453 g/mol. The predicted molar refractivity (Wildman–Crippen MR) is 103 cm³/mol. The van der Waals surface area contributed by atoms with Gasteiger partial charge in [0.1, 0.15) is 11.5 Å². The SMILES string of the molecule is O=C(Nc1cccc(I)c1)c1ccc(CS(=O)(=O)c2ccccc2)o1. The van der Waals surface area contributed by atoms with E-state index in [1.165, 1.54) is 24.3 Å². The Kier molecular flexibility index (Phi) is 5.24. The lowest BCUT2D eigenvalue weighted by Gasteiger charge is -2.04. The summed E-state index contributed by atoms with van der Waals surface area (Å²) in [4.78, 5) is 12.4. The van der Waals surface area contributed by atoms with E-state index < -0.39 is 15.7 Å². The maximum absolute atomic E-state index is 12.3. The summed E-state index contributed by atoms with van der Waals surface area (Å²) in [5, 5.41) is 2.72. The van der Waals surface area contributed by atoms with Gasteiger partial charge in [0.25, 0.3) is 5.91 Å². The smallest absolute Gasteiger partial charge is 0.291 e. The molecule has 7 heteroatoms. The summed E-state index contributed by atoms with van der Waals surface area (Å²) in [5.41, 5.74) is 0.645. The number of rotatable bonds is 5. The number of amides is 1. The number of halogens is 1. The number of benzene rings is 2. The van der Waals surface area contributed by atoms with E-state index in [4.69, 9.17) is 4.42 Å². The van der Waals surface area contributed by atoms with Gasteiger partial charge in [-0.25, -0.2) is 8.42 Å². The Labute approximate surface area is 159 Å². The minimum Gasteiger partial charge on any atom is -0.455 e. The lowest BCUT2D eigenvalue weighted by Crippen LogP contribution is -2.11. The van der Waals surface area contributed by atoms with Gasteiger partial charge in [0, 0.05) is 9.26 Å². The van der Waals surface area contributed by atoms with Gasteiger partial charge in [-0.15, -0.1) is 0 Å². The molecule has 1 heterocycles. The molecule has 0 unspecified atom stereocenters. The molecule has 0 aliphatic heterocycles. The van der Waals surface area contributed by atoms with Crippen molar-refractivity contribution in [3.05, 3.63) is 81.8 Å². The van der Waals surface area contributed by atoms with Crippen LogP contribution in [0.15, 0.2) is 76.0 Å². The average Bonchev–Trinajstić information content (AvgIpc) is 3.03. The van der Waals surface area contributed by atoms with Gasteiger partial charge in [-0.2, -0.15) is 0 Å². The van der Waals surface area contributed by atoms with E-state index in [1.54, 1.807) is 24.3 Å². The molecule has 0 saturated heterocycles. The van der Waals surface area contributed by atoms with Crippen LogP contribution in [0.25, 0.3) is 0 Å². The molecule has 1 N–H and O–H groups in total. The van der Waals surface area contributed by atoms with Crippen molar-refractivity contribution in [2.45, 2.75) is 10.6 Å². The minimum atomic E-state index is -3.52. The molecule has 0 fully saturated rings. The number of carbonyl (C=O) groups excluding carboxylic acids is 1. The minimum absolute atomic E-state index is 0.0668. The van der Waals surface area contributed by atoms with E-state index in [2.05, 4.69) is 27.9 Å². The first-order chi connectivity index (χ1) is 11.9. The van der Waals surface area contributed by atoms with Crippen molar-refractivity contribution in [2.24, 2.45) is 0 Å². The fourth-order valence-corrected chi connectivity index (χ4v) is 4.05. The molecule has 3 rings (SSSR count). The van der Waals surface area contributed by atoms with Gasteiger partial charge in [0.15, 0.2) is 15.6 Å². The Morgan fingerprint density at radius 3 is 2.48 bits per heavy atom. The fourth-order valence-electron chi connectivity index (χ4n) is 2.23. The van der Waals surface area contributed by atoms with Crippen molar-refractivity contribution in [1.29, 1.82) is 0 Å². The summed E-state index contributed by atoms with van der Waals surface area (Å²) in [6.45, 7) is 0. The Bertz CT molecular complexity index is 997. The van der Waals surface area contributed by atoms with E-state index >= 15 is 0 Å². The van der Waals surface area contributed by atoms with Crippen LogP contribution in [0.3, 0.4) is 0 Å². The molecule has 25 heavy (non-hydrogen) atoms. The number of carbonyl (C=O) groups is 1. The molecule has 5 nitrogen and oxygen atoms in total. The normalized spacial score (nSPS) is 11.2. The third-order valence-electron chi connectivity index (χ3n) is 3.40. The molecule has 1 amide bonds. The van der Waals surface area contributed by atoms with Crippen LogP contribution < -0.4 is 5.32 Å². The summed E-state index contributed by atoms with van der Waals surface area (Å²) in [5.74, 6) is -0.438. The van der Waals surface area contributed by atoms with Gasteiger partial charge in [-0.05, 0) is 65.1 Å². The predicted octanol–water partition coefficient (Wildman–Crippen LogP) is 4.11. The molecule has 0 saturated carbocycles. The summed E-state index contributed by atoms with van der Waals surface area (Å²) in [7, 11) is -3.52. The number of hydrogen-bond acceptors (Lipinski definition) is 4. The fraction of sp³-hybridized carbons (Fsp3) is 0.0556. The molecule has 0 atom stereocenters. The Morgan fingerprint density at radius 1 is 1.00 bits per heavy atom. The second-order valence-corrected chi connectivity index (χ2v) is 8.54. The highest BCUT2D eigenvalue weighted by molar-refractivity contribution is 14.1. The van der Waals surface area contributed by atoms with Crippen LogP contribution in [0.2, 0.25) is 0 Å². The molecule has 0 aliphatic carbocycles. The Hall–Kier alpha value is -2.13. The van der Waals surface area contributed by atoms with Crippen LogP contribution in [0.5, 0.6) is 0 Å². The van der Waals surface area contributed by atoms with Crippen LogP contribution in [0.1, 0.15) is 16.3 Å². The summed E-state index contributed by atoms with van der Waals surface area (Å²) in [6, 6.07) is 18.4. The van der Waals surface area contributed by atoms with Crippen LogP contribution in [-0.4, -0.2) is 14.3 Å². The summed E-state index contributed by atoms with van der Waals surface area (Å²) >= 11 is 2.15. The number of furan rings is 1. The van der Waals surface area contributed by atoms with Crippen LogP contribution in [0.4, 0.5) is 5.69 Å². The van der Waals surface area contributed by atoms with Gasteiger partial charge in [0.2, 0.25) is 0 Å². The van der Waals surface area contributed by atoms with Crippen LogP contribution in [0, 0.1) is 3.57 Å². The van der Waals surface area contributed by atoms with E-state index in [9.17, 15) is 13.2 Å². The highest BCUT2D eigenvalue weighted by atomic mass is 127. The highest BCUT2D eigenvalue weighted by Gasteiger charge is 2.19. The van der Waals surface area contributed by atoms with Crippen LogP contribution >= 0.6 is 22.6 Å². The monoisotopic (exact) mass is 467 g/mol. The first-order valence-electron chi connectivity index (χ1n) is 7.37. The number of anilines is 1. The first kappa shape index (κ1) is 17.7. The molecule has 0 radical (unpaired) electrons. The second kappa shape index (κ2) is 7.40. The average molecular weight is 467 g/mol. The molecule has 1 aromatic heterocycles. The van der Waals surface area contributed by atoms with Crippen molar-refractivity contribution in [3.63, 3.8) is 0 Å². The zero-order valence-electron chi connectivity index (χ0n) is 13.0. The lowest BCUT2D eigenvalue weighted by molar-refractivity contribution is 0.0995. The van der Waals surface area contributed by atoms with Gasteiger partial charge in [0.05, 0.1) is 4.90 Å². The Morgan fingerprint density at radius 2 is 1.76 bits per heavy atom. The third-order valence-corrected chi connectivity index (χ3v) is 5.73. The summed E-state index contributed by atoms with van der Waals surface area (Å²) in [6.07, 6.45) is 0. The number of hydrogen-bond donors (Lipinski definition) is 1. The molecule has 3 aromatic rings. The van der Waals surface area contributed by atoms with Crippen molar-refractivity contribution < 1.29 is 17.6 Å². The largest absolute Gasteiger partial charge is 0.455 e. The highest BCUT2D eigenvalue weighted by Crippen LogP contribution is 2.19. The van der Waals surface area contributed by atoms with Crippen molar-refractivity contribution >= 4 is 44.0 Å². The third kappa shape index (κ3) is 4.49. The molecular formula is C18H14INO4S. The van der Waals surface area contributed by atoms with E-state index in [-0.39, 0.29) is 22.2 Å². The number of nitrogens with one attached hydrogen (secondary N) is 1. The van der Waals surface area contributed by atoms with Gasteiger partial charge in [-0.1, -0.05) is 24.3 Å². The van der Waals surface area contributed by atoms with Gasteiger partial charge in [-0.3, -0.25) is 4.79 Å². The maximum atomic E-state index is 12.3. The summed E-state index contributed by atoms with van der Waals surface area (Å²) < 4.78 is 31.1. The second-order valence-electron chi connectivity index (χ2n) is 5.30. The standard InChI is InChI=1S/C18H14INO4S/c19-13-5-4-6-14(11-13)20-18(21)17-10-9-15(24-17)12-25(22,23)16-7-2-1-3-8-16/h1-11H,12H2,(H,20,21). The van der Waals surface area contributed by atoms with Gasteiger partial charge < -0.3 is 9.73 Å². The Balaban J connectivity index is 1.73. The molecule has 2 aromatic carbocycles. The zero-order valence-corrected chi connectivity index (χ0v) is 16.0. The van der Waals surface area contributed by atoms with Crippen molar-refractivity contribution in [3.8, 4) is 0 Å². The number of sulfone groups is 1. The molecule has 0 aliphatic rings. The van der Waals surface area contributed by atoms with E-state index in [1.807, 2.05) is 18.2 Å². The maximum Gasteiger partial charge on any atom is 0.291 e. The van der Waals surface area contributed by atoms with Gasteiger partial charge >= 0.3 is 0 Å². The van der Waals surface area contributed by atoms with Crippen molar-refractivity contribution in [1.82, 2.24) is 0 Å². The lowest BCUT2D eigenvalue weighted by atomic mass is 10.3. The van der Waals surface area contributed by atoms with E-state index in [0.717, 1.165) is 3.57 Å². The van der Waals surface area contributed by atoms with Crippen LogP contribution in [-0.2, 0) is 15.6 Å². The zero-order chi connectivity index (χ0) is 17.9. The molecule has 0 spiro atoms. The van der Waals surface area contributed by atoms with Crippen molar-refractivity contribution in [2.75, 3.05) is 5.32 Å². The van der Waals surface area contributed by atoms with E-state index in [0.29, 0.717) is 5.69 Å². The first-order valence-corrected chi connectivity index (χ1v) is 10.1.